The maximum absolute atomic E-state index is 9.92. The molecule has 0 radical (unpaired) electrons. The van der Waals surface area contributed by atoms with Crippen molar-refractivity contribution in [3.63, 3.8) is 0 Å². The van der Waals surface area contributed by atoms with Gasteiger partial charge in [-0.2, -0.15) is 4.68 Å². The molecule has 146 valence electrons. The van der Waals surface area contributed by atoms with Crippen molar-refractivity contribution in [1.29, 1.82) is 0 Å². The molecule has 0 spiro atoms. The Labute approximate surface area is 165 Å². The Morgan fingerprint density at radius 3 is 2.46 bits per heavy atom. The van der Waals surface area contributed by atoms with Crippen molar-refractivity contribution in [2.45, 2.75) is 45.2 Å². The van der Waals surface area contributed by atoms with Crippen LogP contribution < -0.4 is 0 Å². The molecule has 1 aliphatic heterocycles. The molecule has 28 heavy (non-hydrogen) atoms. The van der Waals surface area contributed by atoms with Gasteiger partial charge in [-0.25, -0.2) is 0 Å². The maximum Gasteiger partial charge on any atom is 0.173 e. The van der Waals surface area contributed by atoms with E-state index in [0.717, 1.165) is 48.4 Å². The largest absolute Gasteiger partial charge is 0.395 e. The zero-order valence-corrected chi connectivity index (χ0v) is 16.5. The zero-order chi connectivity index (χ0) is 19.5. The van der Waals surface area contributed by atoms with E-state index in [1.54, 1.807) is 0 Å². The molecule has 1 aliphatic rings. The Hall–Kier alpha value is -2.57. The molecule has 3 aromatic rings. The van der Waals surface area contributed by atoms with Gasteiger partial charge in [0.1, 0.15) is 0 Å². The summed E-state index contributed by atoms with van der Waals surface area (Å²) in [5, 5.41) is 22.7. The Kier molecular flexibility index (Phi) is 5.50. The number of aliphatic hydroxyl groups excluding tert-OH is 1. The van der Waals surface area contributed by atoms with E-state index >= 15 is 0 Å². The molecular weight excluding hydrogens is 350 g/mol. The van der Waals surface area contributed by atoms with Crippen molar-refractivity contribution in [1.82, 2.24) is 25.1 Å². The molecule has 1 N–H and O–H groups in total. The molecule has 0 unspecified atom stereocenters. The summed E-state index contributed by atoms with van der Waals surface area (Å²) in [5.41, 5.74) is 4.67. The van der Waals surface area contributed by atoms with E-state index in [-0.39, 0.29) is 18.7 Å². The number of hydrogen-bond donors (Lipinski definition) is 1. The first-order valence-corrected chi connectivity index (χ1v) is 9.94. The van der Waals surface area contributed by atoms with Crippen molar-refractivity contribution in [2.24, 2.45) is 0 Å². The highest BCUT2D eigenvalue weighted by molar-refractivity contribution is 5.46. The lowest BCUT2D eigenvalue weighted by molar-refractivity contribution is 0.126. The van der Waals surface area contributed by atoms with E-state index in [1.165, 1.54) is 5.56 Å². The Morgan fingerprint density at radius 2 is 1.75 bits per heavy atom. The smallest absolute Gasteiger partial charge is 0.173 e. The highest BCUT2D eigenvalue weighted by Crippen LogP contribution is 2.36. The number of rotatable bonds is 6. The number of aromatic nitrogens is 4. The Balaban J connectivity index is 1.64. The summed E-state index contributed by atoms with van der Waals surface area (Å²) in [5.74, 6) is 0.862. The molecule has 4 rings (SSSR count). The molecule has 0 amide bonds. The third-order valence-corrected chi connectivity index (χ3v) is 5.80. The lowest BCUT2D eigenvalue weighted by Crippen LogP contribution is -2.36. The van der Waals surface area contributed by atoms with Crippen LogP contribution >= 0.6 is 0 Å². The second kappa shape index (κ2) is 8.20. The van der Waals surface area contributed by atoms with Crippen LogP contribution in [-0.2, 0) is 6.42 Å². The molecule has 0 aliphatic carbocycles. The second-order valence-electron chi connectivity index (χ2n) is 7.59. The average molecular weight is 377 g/mol. The van der Waals surface area contributed by atoms with Crippen molar-refractivity contribution in [3.05, 3.63) is 71.0 Å². The maximum atomic E-state index is 9.92. The first-order valence-electron chi connectivity index (χ1n) is 9.94. The molecule has 6 heteroatoms. The molecule has 1 aromatic heterocycles. The number of tetrazole rings is 1. The monoisotopic (exact) mass is 377 g/mol. The third-order valence-electron chi connectivity index (χ3n) is 5.80. The van der Waals surface area contributed by atoms with E-state index in [9.17, 15) is 5.11 Å². The van der Waals surface area contributed by atoms with Gasteiger partial charge in [0, 0.05) is 12.6 Å². The van der Waals surface area contributed by atoms with Gasteiger partial charge in [-0.1, -0.05) is 48.5 Å². The van der Waals surface area contributed by atoms with Crippen LogP contribution in [0.3, 0.4) is 0 Å². The Morgan fingerprint density at radius 1 is 1.00 bits per heavy atom. The normalized spacial score (nSPS) is 20.0. The topological polar surface area (TPSA) is 67.1 Å². The van der Waals surface area contributed by atoms with E-state index < -0.39 is 0 Å². The SMILES string of the molecule is Cc1cccc(C)c1-n1nnnc1[C@H]1CC[C@@H](CO)N1CCc1ccccc1. The fourth-order valence-corrected chi connectivity index (χ4v) is 4.35. The highest BCUT2D eigenvalue weighted by atomic mass is 16.3. The summed E-state index contributed by atoms with van der Waals surface area (Å²) in [7, 11) is 0. The number of para-hydroxylation sites is 1. The Bertz CT molecular complexity index is 903. The van der Waals surface area contributed by atoms with Gasteiger partial charge in [-0.3, -0.25) is 4.90 Å². The number of hydrogen-bond acceptors (Lipinski definition) is 5. The van der Waals surface area contributed by atoms with Crippen LogP contribution in [0.15, 0.2) is 48.5 Å². The number of likely N-dealkylation sites (tertiary alicyclic amines) is 1. The van der Waals surface area contributed by atoms with Gasteiger partial charge in [-0.15, -0.1) is 5.10 Å². The summed E-state index contributed by atoms with van der Waals surface area (Å²) < 4.78 is 1.89. The molecule has 2 heterocycles. The summed E-state index contributed by atoms with van der Waals surface area (Å²) in [6, 6.07) is 17.0. The first-order chi connectivity index (χ1) is 13.7. The van der Waals surface area contributed by atoms with Crippen LogP contribution in [0.1, 0.15) is 41.4 Å². The summed E-state index contributed by atoms with van der Waals surface area (Å²) in [4.78, 5) is 2.38. The van der Waals surface area contributed by atoms with Crippen LogP contribution in [-0.4, -0.2) is 49.4 Å². The molecular formula is C22H27N5O. The quantitative estimate of drug-likeness (QED) is 0.715. The summed E-state index contributed by atoms with van der Waals surface area (Å²) in [6.45, 7) is 5.22. The van der Waals surface area contributed by atoms with Gasteiger partial charge < -0.3 is 5.11 Å². The molecule has 1 saturated heterocycles. The van der Waals surface area contributed by atoms with Crippen molar-refractivity contribution in [2.75, 3.05) is 13.2 Å². The van der Waals surface area contributed by atoms with Crippen molar-refractivity contribution in [3.8, 4) is 5.69 Å². The molecule has 2 aromatic carbocycles. The number of aliphatic hydroxyl groups is 1. The highest BCUT2D eigenvalue weighted by Gasteiger charge is 2.37. The van der Waals surface area contributed by atoms with Crippen LogP contribution in [0.5, 0.6) is 0 Å². The van der Waals surface area contributed by atoms with Crippen molar-refractivity contribution < 1.29 is 5.11 Å². The van der Waals surface area contributed by atoms with Gasteiger partial charge >= 0.3 is 0 Å². The van der Waals surface area contributed by atoms with Gasteiger partial charge in [0.15, 0.2) is 5.82 Å². The van der Waals surface area contributed by atoms with E-state index in [2.05, 4.69) is 76.7 Å². The second-order valence-corrected chi connectivity index (χ2v) is 7.59. The zero-order valence-electron chi connectivity index (χ0n) is 16.5. The van der Waals surface area contributed by atoms with Crippen LogP contribution in [0.25, 0.3) is 5.69 Å². The lowest BCUT2D eigenvalue weighted by Gasteiger charge is -2.28. The summed E-state index contributed by atoms with van der Waals surface area (Å²) >= 11 is 0. The van der Waals surface area contributed by atoms with E-state index in [4.69, 9.17) is 0 Å². The van der Waals surface area contributed by atoms with Gasteiger partial charge in [-0.05, 0) is 60.2 Å². The third kappa shape index (κ3) is 3.57. The standard InChI is InChI=1S/C22H27N5O/c1-16-7-6-8-17(2)21(16)27-22(23-24-25-27)20-12-11-19(15-28)26(20)14-13-18-9-4-3-5-10-18/h3-10,19-20,28H,11-15H2,1-2H3/t19-,20+/m0/s1. The summed E-state index contributed by atoms with van der Waals surface area (Å²) in [6.07, 6.45) is 2.85. The minimum atomic E-state index is 0.106. The first kappa shape index (κ1) is 18.8. The predicted octanol–water partition coefficient (Wildman–Crippen LogP) is 3.02. The minimum Gasteiger partial charge on any atom is -0.395 e. The van der Waals surface area contributed by atoms with Crippen LogP contribution in [0.4, 0.5) is 0 Å². The van der Waals surface area contributed by atoms with Crippen molar-refractivity contribution >= 4 is 0 Å². The van der Waals surface area contributed by atoms with Gasteiger partial charge in [0.2, 0.25) is 0 Å². The number of benzene rings is 2. The number of nitrogens with zero attached hydrogens (tertiary/aromatic N) is 5. The lowest BCUT2D eigenvalue weighted by atomic mass is 10.1. The molecule has 0 bridgehead atoms. The average Bonchev–Trinajstić information content (AvgIpc) is 3.33. The molecule has 2 atom stereocenters. The minimum absolute atomic E-state index is 0.106. The van der Waals surface area contributed by atoms with Gasteiger partial charge in [0.25, 0.3) is 0 Å². The molecule has 0 saturated carbocycles. The van der Waals surface area contributed by atoms with Crippen LogP contribution in [0.2, 0.25) is 0 Å². The molecule has 1 fully saturated rings. The number of aryl methyl sites for hydroxylation is 2. The van der Waals surface area contributed by atoms with Crippen LogP contribution in [0, 0.1) is 13.8 Å². The fourth-order valence-electron chi connectivity index (χ4n) is 4.35. The van der Waals surface area contributed by atoms with Gasteiger partial charge in [0.05, 0.1) is 18.3 Å². The van der Waals surface area contributed by atoms with E-state index in [0.29, 0.717) is 0 Å². The fraction of sp³-hybridized carbons (Fsp3) is 0.409. The predicted molar refractivity (Wildman–Crippen MR) is 108 cm³/mol. The molecule has 6 nitrogen and oxygen atoms in total. The van der Waals surface area contributed by atoms with E-state index in [1.807, 2.05) is 10.7 Å².